The highest BCUT2D eigenvalue weighted by Gasteiger charge is 2.34. The zero-order valence-electron chi connectivity index (χ0n) is 11.1. The molecule has 1 N–H and O–H groups in total. The molecule has 4 nitrogen and oxygen atoms in total. The number of nitrogens with one attached hydrogen (secondary N) is 1. The van der Waals surface area contributed by atoms with Gasteiger partial charge in [0.1, 0.15) is 4.21 Å². The summed E-state index contributed by atoms with van der Waals surface area (Å²) in [6.45, 7) is 3.12. The summed E-state index contributed by atoms with van der Waals surface area (Å²) >= 11 is 7.15. The van der Waals surface area contributed by atoms with E-state index in [0.29, 0.717) is 21.6 Å². The number of hydrogen-bond donors (Lipinski definition) is 1. The molecule has 108 valence electrons. The van der Waals surface area contributed by atoms with Crippen molar-refractivity contribution in [2.24, 2.45) is 0 Å². The van der Waals surface area contributed by atoms with Crippen LogP contribution >= 0.6 is 22.9 Å². The summed E-state index contributed by atoms with van der Waals surface area (Å²) in [5.74, 6) is 0. The van der Waals surface area contributed by atoms with Gasteiger partial charge in [0.2, 0.25) is 0 Å². The van der Waals surface area contributed by atoms with Gasteiger partial charge in [-0.15, -0.1) is 11.3 Å². The molecule has 0 aliphatic carbocycles. The lowest BCUT2D eigenvalue weighted by Crippen LogP contribution is -2.47. The quantitative estimate of drug-likeness (QED) is 0.926. The zero-order chi connectivity index (χ0) is 14.0. The van der Waals surface area contributed by atoms with Crippen LogP contribution < -0.4 is 5.32 Å². The van der Waals surface area contributed by atoms with Gasteiger partial charge in [-0.3, -0.25) is 0 Å². The molecular weight excluding hydrogens is 304 g/mol. The summed E-state index contributed by atoms with van der Waals surface area (Å²) in [6.07, 6.45) is 2.93. The Morgan fingerprint density at radius 1 is 1.53 bits per heavy atom. The Hall–Kier alpha value is -0.140. The molecule has 1 aromatic rings. The van der Waals surface area contributed by atoms with Gasteiger partial charge in [-0.05, 0) is 38.4 Å². The van der Waals surface area contributed by atoms with Gasteiger partial charge in [0, 0.05) is 19.1 Å². The van der Waals surface area contributed by atoms with Gasteiger partial charge >= 0.3 is 0 Å². The molecule has 7 heteroatoms. The number of nitrogens with zero attached hydrogens (tertiary/aromatic N) is 1. The minimum atomic E-state index is -3.41. The van der Waals surface area contributed by atoms with Crippen molar-refractivity contribution in [3.8, 4) is 0 Å². The topological polar surface area (TPSA) is 49.4 Å². The first kappa shape index (κ1) is 15.3. The Morgan fingerprint density at radius 2 is 2.26 bits per heavy atom. The largest absolute Gasteiger partial charge is 0.318 e. The van der Waals surface area contributed by atoms with Crippen LogP contribution in [0.2, 0.25) is 4.34 Å². The summed E-state index contributed by atoms with van der Waals surface area (Å²) in [5, 5.41) is 3.08. The minimum Gasteiger partial charge on any atom is -0.318 e. The second-order valence-electron chi connectivity index (χ2n) is 4.85. The lowest BCUT2D eigenvalue weighted by Gasteiger charge is -2.34. The first-order valence-electron chi connectivity index (χ1n) is 6.39. The van der Waals surface area contributed by atoms with Crippen LogP contribution in [0.5, 0.6) is 0 Å². The van der Waals surface area contributed by atoms with E-state index in [9.17, 15) is 8.42 Å². The molecule has 0 spiro atoms. The fourth-order valence-corrected chi connectivity index (χ4v) is 5.94. The van der Waals surface area contributed by atoms with Gasteiger partial charge in [0.15, 0.2) is 0 Å². The van der Waals surface area contributed by atoms with Crippen molar-refractivity contribution in [2.45, 2.75) is 36.4 Å². The van der Waals surface area contributed by atoms with E-state index >= 15 is 0 Å². The van der Waals surface area contributed by atoms with Crippen molar-refractivity contribution < 1.29 is 8.42 Å². The smallest absolute Gasteiger partial charge is 0.252 e. The maximum atomic E-state index is 12.7. The van der Waals surface area contributed by atoms with Crippen LogP contribution in [0.4, 0.5) is 0 Å². The van der Waals surface area contributed by atoms with Crippen LogP contribution in [-0.4, -0.2) is 38.9 Å². The Bertz CT molecular complexity index is 520. The first-order valence-corrected chi connectivity index (χ1v) is 9.02. The highest BCUT2D eigenvalue weighted by Crippen LogP contribution is 2.34. The third-order valence-electron chi connectivity index (χ3n) is 3.41. The number of likely N-dealkylation sites (N-methyl/N-ethyl adjacent to an activating group) is 1. The standard InChI is InChI=1S/C12H19ClN2O2S2/c1-9-7-11(18-12(9)13)19(16,17)15-6-4-3-5-10(15)8-14-2/h7,10,14H,3-6,8H2,1-2H3. The Kier molecular flexibility index (Phi) is 4.89. The predicted molar refractivity (Wildman–Crippen MR) is 79.5 cm³/mol. The van der Waals surface area contributed by atoms with E-state index in [1.807, 2.05) is 14.0 Å². The van der Waals surface area contributed by atoms with Crippen LogP contribution in [0.1, 0.15) is 24.8 Å². The Balaban J connectivity index is 2.31. The van der Waals surface area contributed by atoms with E-state index in [2.05, 4.69) is 5.32 Å². The minimum absolute atomic E-state index is 0.0462. The molecule has 1 unspecified atom stereocenters. The Labute approximate surface area is 123 Å². The molecule has 1 fully saturated rings. The van der Waals surface area contributed by atoms with Crippen LogP contribution in [0.3, 0.4) is 0 Å². The number of aryl methyl sites for hydroxylation is 1. The van der Waals surface area contributed by atoms with Gasteiger partial charge < -0.3 is 5.32 Å². The molecule has 1 aliphatic rings. The molecule has 0 bridgehead atoms. The van der Waals surface area contributed by atoms with E-state index < -0.39 is 10.0 Å². The van der Waals surface area contributed by atoms with Gasteiger partial charge in [0.25, 0.3) is 10.0 Å². The highest BCUT2D eigenvalue weighted by molar-refractivity contribution is 7.91. The van der Waals surface area contributed by atoms with Crippen LogP contribution in [-0.2, 0) is 10.0 Å². The monoisotopic (exact) mass is 322 g/mol. The number of thiophene rings is 1. The lowest BCUT2D eigenvalue weighted by molar-refractivity contribution is 0.249. The first-order chi connectivity index (χ1) is 8.96. The summed E-state index contributed by atoms with van der Waals surface area (Å²) in [4.78, 5) is 0. The molecule has 2 rings (SSSR count). The van der Waals surface area contributed by atoms with Crippen LogP contribution in [0.15, 0.2) is 10.3 Å². The maximum absolute atomic E-state index is 12.7. The number of hydrogen-bond acceptors (Lipinski definition) is 4. The van der Waals surface area contributed by atoms with Crippen molar-refractivity contribution in [1.82, 2.24) is 9.62 Å². The number of sulfonamides is 1. The second kappa shape index (κ2) is 6.10. The third-order valence-corrected chi connectivity index (χ3v) is 7.37. The molecule has 1 aliphatic heterocycles. The number of halogens is 1. The molecule has 0 aromatic carbocycles. The van der Waals surface area contributed by atoms with Crippen molar-refractivity contribution in [2.75, 3.05) is 20.1 Å². The van der Waals surface area contributed by atoms with E-state index in [0.717, 1.165) is 36.2 Å². The van der Waals surface area contributed by atoms with Crippen molar-refractivity contribution >= 4 is 33.0 Å². The summed E-state index contributed by atoms with van der Waals surface area (Å²) in [7, 11) is -1.55. The molecule has 0 radical (unpaired) electrons. The molecular formula is C12H19ClN2O2S2. The van der Waals surface area contributed by atoms with Crippen molar-refractivity contribution in [1.29, 1.82) is 0 Å². The Morgan fingerprint density at radius 3 is 2.84 bits per heavy atom. The van der Waals surface area contributed by atoms with Crippen LogP contribution in [0.25, 0.3) is 0 Å². The van der Waals surface area contributed by atoms with E-state index in [1.54, 1.807) is 10.4 Å². The average molecular weight is 323 g/mol. The molecule has 1 aromatic heterocycles. The molecule has 0 amide bonds. The highest BCUT2D eigenvalue weighted by atomic mass is 35.5. The van der Waals surface area contributed by atoms with Crippen molar-refractivity contribution in [3.63, 3.8) is 0 Å². The van der Waals surface area contributed by atoms with E-state index in [-0.39, 0.29) is 6.04 Å². The fourth-order valence-electron chi connectivity index (χ4n) is 2.40. The number of rotatable bonds is 4. The summed E-state index contributed by atoms with van der Waals surface area (Å²) in [5.41, 5.74) is 0.826. The molecule has 1 saturated heterocycles. The van der Waals surface area contributed by atoms with Crippen LogP contribution in [0, 0.1) is 6.92 Å². The van der Waals surface area contributed by atoms with Crippen molar-refractivity contribution in [3.05, 3.63) is 16.0 Å². The van der Waals surface area contributed by atoms with Gasteiger partial charge in [0.05, 0.1) is 4.34 Å². The van der Waals surface area contributed by atoms with Gasteiger partial charge in [-0.25, -0.2) is 8.42 Å². The zero-order valence-corrected chi connectivity index (χ0v) is 13.5. The number of piperidine rings is 1. The second-order valence-corrected chi connectivity index (χ2v) is 8.62. The lowest BCUT2D eigenvalue weighted by atomic mass is 10.1. The fraction of sp³-hybridized carbons (Fsp3) is 0.667. The third kappa shape index (κ3) is 3.13. The van der Waals surface area contributed by atoms with E-state index in [4.69, 9.17) is 11.6 Å². The average Bonchev–Trinajstić information content (AvgIpc) is 2.71. The van der Waals surface area contributed by atoms with Gasteiger partial charge in [-0.2, -0.15) is 4.31 Å². The predicted octanol–water partition coefficient (Wildman–Crippen LogP) is 2.47. The summed E-state index contributed by atoms with van der Waals surface area (Å²) in [6, 6.07) is 1.72. The van der Waals surface area contributed by atoms with E-state index in [1.165, 1.54) is 0 Å². The molecule has 1 atom stereocenters. The SMILES string of the molecule is CNCC1CCCCN1S(=O)(=O)c1cc(C)c(Cl)s1. The van der Waals surface area contributed by atoms with Gasteiger partial charge in [-0.1, -0.05) is 18.0 Å². The maximum Gasteiger partial charge on any atom is 0.252 e. The molecule has 2 heterocycles. The molecule has 0 saturated carbocycles. The molecule has 19 heavy (non-hydrogen) atoms. The normalized spacial score (nSPS) is 21.7. The summed E-state index contributed by atoms with van der Waals surface area (Å²) < 4.78 is 27.9.